The molecule has 0 aromatic heterocycles. The zero-order chi connectivity index (χ0) is 13.8. The first-order chi connectivity index (χ1) is 9.13. The van der Waals surface area contributed by atoms with Crippen LogP contribution in [0.3, 0.4) is 0 Å². The molecule has 4 heteroatoms. The van der Waals surface area contributed by atoms with Crippen LogP contribution in [0.5, 0.6) is 0 Å². The molecule has 1 N–H and O–H groups in total. The number of hydrogen-bond donors (Lipinski definition) is 1. The first-order valence-electron chi connectivity index (χ1n) is 7.03. The third-order valence-electron chi connectivity index (χ3n) is 4.01. The third-order valence-corrected chi connectivity index (χ3v) is 4.50. The van der Waals surface area contributed by atoms with Gasteiger partial charge in [-0.25, -0.2) is 4.39 Å². The highest BCUT2D eigenvalue weighted by atomic mass is 79.9. The highest BCUT2D eigenvalue weighted by molar-refractivity contribution is 9.10. The van der Waals surface area contributed by atoms with Crippen LogP contribution in [0, 0.1) is 11.7 Å². The summed E-state index contributed by atoms with van der Waals surface area (Å²) in [6.45, 7) is 8.36. The van der Waals surface area contributed by atoms with E-state index in [0.717, 1.165) is 42.6 Å². The van der Waals surface area contributed by atoms with Crippen LogP contribution in [0.1, 0.15) is 31.9 Å². The SMILES string of the molecule is CCC(C)[C@@H](c1ccc(Br)cc1F)N1CCNCC1. The number of piperazine rings is 1. The van der Waals surface area contributed by atoms with Gasteiger partial charge in [0.2, 0.25) is 0 Å². The van der Waals surface area contributed by atoms with E-state index in [4.69, 9.17) is 0 Å². The predicted octanol–water partition coefficient (Wildman–Crippen LogP) is 3.58. The second kappa shape index (κ2) is 6.82. The average molecular weight is 329 g/mol. The lowest BCUT2D eigenvalue weighted by Gasteiger charge is -2.38. The second-order valence-electron chi connectivity index (χ2n) is 5.28. The van der Waals surface area contributed by atoms with E-state index >= 15 is 0 Å². The largest absolute Gasteiger partial charge is 0.314 e. The van der Waals surface area contributed by atoms with Crippen LogP contribution in [-0.2, 0) is 0 Å². The topological polar surface area (TPSA) is 15.3 Å². The standard InChI is InChI=1S/C15H22BrFN2/c1-3-11(2)15(19-8-6-18-7-9-19)13-5-4-12(16)10-14(13)17/h4-5,10-11,15,18H,3,6-9H2,1-2H3/t11?,15-/m0/s1. The van der Waals surface area contributed by atoms with Crippen LogP contribution < -0.4 is 5.32 Å². The van der Waals surface area contributed by atoms with Gasteiger partial charge < -0.3 is 5.32 Å². The molecule has 0 saturated carbocycles. The predicted molar refractivity (Wildman–Crippen MR) is 80.7 cm³/mol. The quantitative estimate of drug-likeness (QED) is 0.908. The maximum absolute atomic E-state index is 14.3. The summed E-state index contributed by atoms with van der Waals surface area (Å²) < 4.78 is 15.1. The summed E-state index contributed by atoms with van der Waals surface area (Å²) in [5.74, 6) is 0.354. The summed E-state index contributed by atoms with van der Waals surface area (Å²) in [6.07, 6.45) is 1.06. The van der Waals surface area contributed by atoms with E-state index < -0.39 is 0 Å². The van der Waals surface area contributed by atoms with Gasteiger partial charge in [0.1, 0.15) is 5.82 Å². The fraction of sp³-hybridized carbons (Fsp3) is 0.600. The van der Waals surface area contributed by atoms with Crippen LogP contribution >= 0.6 is 15.9 Å². The molecule has 0 aliphatic carbocycles. The molecular weight excluding hydrogens is 307 g/mol. The zero-order valence-corrected chi connectivity index (χ0v) is 13.2. The normalized spacial score (nSPS) is 20.2. The summed E-state index contributed by atoms with van der Waals surface area (Å²) in [6, 6.07) is 5.63. The molecule has 0 radical (unpaired) electrons. The molecular formula is C15H22BrFN2. The molecule has 1 aliphatic rings. The Morgan fingerprint density at radius 1 is 1.37 bits per heavy atom. The smallest absolute Gasteiger partial charge is 0.129 e. The van der Waals surface area contributed by atoms with Gasteiger partial charge in [0.05, 0.1) is 0 Å². The first kappa shape index (κ1) is 14.9. The second-order valence-corrected chi connectivity index (χ2v) is 6.20. The van der Waals surface area contributed by atoms with E-state index in [1.165, 1.54) is 0 Å². The van der Waals surface area contributed by atoms with Gasteiger partial charge in [0.15, 0.2) is 0 Å². The van der Waals surface area contributed by atoms with Gasteiger partial charge in [-0.1, -0.05) is 42.3 Å². The van der Waals surface area contributed by atoms with Crippen molar-refractivity contribution >= 4 is 15.9 Å². The molecule has 2 rings (SSSR count). The molecule has 1 heterocycles. The summed E-state index contributed by atoms with van der Waals surface area (Å²) >= 11 is 3.33. The minimum Gasteiger partial charge on any atom is -0.314 e. The van der Waals surface area contributed by atoms with Crippen molar-refractivity contribution < 1.29 is 4.39 Å². The minimum absolute atomic E-state index is 0.0989. The summed E-state index contributed by atoms with van der Waals surface area (Å²) in [5, 5.41) is 3.36. The van der Waals surface area contributed by atoms with Gasteiger partial charge in [-0.15, -0.1) is 0 Å². The molecule has 2 nitrogen and oxygen atoms in total. The Labute approximate surface area is 123 Å². The third kappa shape index (κ3) is 3.56. The molecule has 19 heavy (non-hydrogen) atoms. The fourth-order valence-electron chi connectivity index (χ4n) is 2.79. The van der Waals surface area contributed by atoms with Crippen LogP contribution in [-0.4, -0.2) is 31.1 Å². The maximum Gasteiger partial charge on any atom is 0.129 e. The van der Waals surface area contributed by atoms with Crippen molar-refractivity contribution in [3.05, 3.63) is 34.1 Å². The number of nitrogens with one attached hydrogen (secondary N) is 1. The van der Waals surface area contributed by atoms with Crippen molar-refractivity contribution in [1.29, 1.82) is 0 Å². The van der Waals surface area contributed by atoms with Crippen LogP contribution in [0.2, 0.25) is 0 Å². The fourth-order valence-corrected chi connectivity index (χ4v) is 3.12. The molecule has 1 aliphatic heterocycles. The molecule has 1 saturated heterocycles. The minimum atomic E-state index is -0.0989. The van der Waals surface area contributed by atoms with Crippen molar-refractivity contribution in [1.82, 2.24) is 10.2 Å². The first-order valence-corrected chi connectivity index (χ1v) is 7.82. The van der Waals surface area contributed by atoms with E-state index in [9.17, 15) is 4.39 Å². The van der Waals surface area contributed by atoms with E-state index in [1.54, 1.807) is 6.07 Å². The molecule has 106 valence electrons. The van der Waals surface area contributed by atoms with Crippen LogP contribution in [0.4, 0.5) is 4.39 Å². The molecule has 0 bridgehead atoms. The van der Waals surface area contributed by atoms with E-state index in [1.807, 2.05) is 12.1 Å². The Bertz CT molecular complexity index is 419. The number of rotatable bonds is 4. The number of benzene rings is 1. The van der Waals surface area contributed by atoms with E-state index in [-0.39, 0.29) is 11.9 Å². The van der Waals surface area contributed by atoms with Crippen LogP contribution in [0.25, 0.3) is 0 Å². The Morgan fingerprint density at radius 3 is 2.63 bits per heavy atom. The van der Waals surface area contributed by atoms with E-state index in [0.29, 0.717) is 5.92 Å². The van der Waals surface area contributed by atoms with Crippen molar-refractivity contribution in [3.63, 3.8) is 0 Å². The molecule has 0 amide bonds. The Balaban J connectivity index is 2.30. The van der Waals surface area contributed by atoms with Crippen molar-refractivity contribution in [2.24, 2.45) is 5.92 Å². The lowest BCUT2D eigenvalue weighted by atomic mass is 9.90. The maximum atomic E-state index is 14.3. The van der Waals surface area contributed by atoms with Crippen LogP contribution in [0.15, 0.2) is 22.7 Å². The number of nitrogens with zero attached hydrogens (tertiary/aromatic N) is 1. The van der Waals surface area contributed by atoms with Gasteiger partial charge in [-0.2, -0.15) is 0 Å². The van der Waals surface area contributed by atoms with Crippen molar-refractivity contribution in [3.8, 4) is 0 Å². The molecule has 1 fully saturated rings. The lowest BCUT2D eigenvalue weighted by Crippen LogP contribution is -2.46. The lowest BCUT2D eigenvalue weighted by molar-refractivity contribution is 0.125. The molecule has 2 atom stereocenters. The number of hydrogen-bond acceptors (Lipinski definition) is 2. The molecule has 1 aromatic rings. The van der Waals surface area contributed by atoms with Crippen molar-refractivity contribution in [2.45, 2.75) is 26.3 Å². The Hall–Kier alpha value is -0.450. The summed E-state index contributed by atoms with van der Waals surface area (Å²) in [7, 11) is 0. The summed E-state index contributed by atoms with van der Waals surface area (Å²) in [5.41, 5.74) is 0.833. The molecule has 0 spiro atoms. The molecule has 1 unspecified atom stereocenters. The summed E-state index contributed by atoms with van der Waals surface area (Å²) in [4.78, 5) is 2.41. The molecule has 1 aromatic carbocycles. The Morgan fingerprint density at radius 2 is 2.05 bits per heavy atom. The van der Waals surface area contributed by atoms with E-state index in [2.05, 4.69) is 40.0 Å². The van der Waals surface area contributed by atoms with Gasteiger partial charge >= 0.3 is 0 Å². The van der Waals surface area contributed by atoms with Gasteiger partial charge in [0, 0.05) is 42.3 Å². The highest BCUT2D eigenvalue weighted by Gasteiger charge is 2.28. The van der Waals surface area contributed by atoms with Crippen molar-refractivity contribution in [2.75, 3.05) is 26.2 Å². The monoisotopic (exact) mass is 328 g/mol. The van der Waals surface area contributed by atoms with Gasteiger partial charge in [-0.05, 0) is 18.1 Å². The van der Waals surface area contributed by atoms with Gasteiger partial charge in [-0.3, -0.25) is 4.90 Å². The number of halogens is 2. The van der Waals surface area contributed by atoms with Gasteiger partial charge in [0.25, 0.3) is 0 Å². The Kier molecular flexibility index (Phi) is 5.37. The average Bonchev–Trinajstić information content (AvgIpc) is 2.42. The zero-order valence-electron chi connectivity index (χ0n) is 11.6. The highest BCUT2D eigenvalue weighted by Crippen LogP contribution is 2.33.